The first-order valence-electron chi connectivity index (χ1n) is 8.46. The summed E-state index contributed by atoms with van der Waals surface area (Å²) in [6.07, 6.45) is 3.20. The van der Waals surface area contributed by atoms with Crippen molar-refractivity contribution in [2.45, 2.75) is 45.4 Å². The molecule has 1 aromatic carbocycles. The Hall–Kier alpha value is -2.57. The molecule has 1 heterocycles. The normalized spacial score (nSPS) is 19.6. The SMILES string of the molecule is C[C@@H]1CC[C@H](NC(=O)NCc2cc(COc3ccccc3F)on2)C1. The summed E-state index contributed by atoms with van der Waals surface area (Å²) in [6, 6.07) is 7.88. The van der Waals surface area contributed by atoms with E-state index < -0.39 is 5.82 Å². The first-order chi connectivity index (χ1) is 12.1. The van der Waals surface area contributed by atoms with Gasteiger partial charge < -0.3 is 19.9 Å². The lowest BCUT2D eigenvalue weighted by molar-refractivity contribution is 0.235. The van der Waals surface area contributed by atoms with E-state index in [2.05, 4.69) is 22.7 Å². The van der Waals surface area contributed by atoms with E-state index in [1.165, 1.54) is 6.07 Å². The summed E-state index contributed by atoms with van der Waals surface area (Å²) in [5, 5.41) is 9.60. The molecule has 2 amide bonds. The van der Waals surface area contributed by atoms with Gasteiger partial charge in [-0.2, -0.15) is 0 Å². The van der Waals surface area contributed by atoms with Crippen LogP contribution in [-0.4, -0.2) is 17.2 Å². The number of carbonyl (C=O) groups is 1. The van der Waals surface area contributed by atoms with Crippen LogP contribution in [0.4, 0.5) is 9.18 Å². The van der Waals surface area contributed by atoms with Gasteiger partial charge in [-0.1, -0.05) is 24.2 Å². The second-order valence-corrected chi connectivity index (χ2v) is 6.45. The van der Waals surface area contributed by atoms with Gasteiger partial charge in [0.2, 0.25) is 0 Å². The summed E-state index contributed by atoms with van der Waals surface area (Å²) in [7, 11) is 0. The van der Waals surface area contributed by atoms with E-state index in [0.29, 0.717) is 17.4 Å². The summed E-state index contributed by atoms with van der Waals surface area (Å²) in [5.41, 5.74) is 0.585. The van der Waals surface area contributed by atoms with Gasteiger partial charge in [-0.15, -0.1) is 0 Å². The number of para-hydroxylation sites is 1. The quantitative estimate of drug-likeness (QED) is 0.840. The van der Waals surface area contributed by atoms with Crippen LogP contribution < -0.4 is 15.4 Å². The van der Waals surface area contributed by atoms with Crippen molar-refractivity contribution in [1.82, 2.24) is 15.8 Å². The maximum Gasteiger partial charge on any atom is 0.315 e. The minimum Gasteiger partial charge on any atom is -0.482 e. The molecule has 1 aromatic heterocycles. The number of rotatable bonds is 6. The molecule has 134 valence electrons. The van der Waals surface area contributed by atoms with E-state index in [-0.39, 0.29) is 31.0 Å². The Morgan fingerprint density at radius 3 is 3.00 bits per heavy atom. The van der Waals surface area contributed by atoms with Gasteiger partial charge in [0.1, 0.15) is 12.3 Å². The highest BCUT2D eigenvalue weighted by atomic mass is 19.1. The van der Waals surface area contributed by atoms with Crippen LogP contribution in [0, 0.1) is 11.7 Å². The number of amides is 2. The predicted molar refractivity (Wildman–Crippen MR) is 89.4 cm³/mol. The fourth-order valence-corrected chi connectivity index (χ4v) is 2.96. The summed E-state index contributed by atoms with van der Waals surface area (Å²) in [4.78, 5) is 11.9. The third kappa shape index (κ3) is 4.95. The minimum atomic E-state index is -0.429. The lowest BCUT2D eigenvalue weighted by Gasteiger charge is -2.12. The molecule has 0 unspecified atom stereocenters. The largest absolute Gasteiger partial charge is 0.482 e. The van der Waals surface area contributed by atoms with Crippen molar-refractivity contribution in [2.24, 2.45) is 5.92 Å². The molecule has 0 aliphatic heterocycles. The van der Waals surface area contributed by atoms with Crippen molar-refractivity contribution in [3.05, 3.63) is 47.6 Å². The molecule has 2 atom stereocenters. The van der Waals surface area contributed by atoms with Crippen molar-refractivity contribution in [3.63, 3.8) is 0 Å². The van der Waals surface area contributed by atoms with Crippen molar-refractivity contribution < 1.29 is 18.4 Å². The number of halogens is 1. The van der Waals surface area contributed by atoms with E-state index in [4.69, 9.17) is 9.26 Å². The first kappa shape index (κ1) is 17.3. The molecule has 1 fully saturated rings. The smallest absolute Gasteiger partial charge is 0.315 e. The molecule has 0 spiro atoms. The first-order valence-corrected chi connectivity index (χ1v) is 8.46. The molecule has 0 radical (unpaired) electrons. The summed E-state index contributed by atoms with van der Waals surface area (Å²) in [6.45, 7) is 2.53. The number of urea groups is 1. The van der Waals surface area contributed by atoms with Crippen LogP contribution >= 0.6 is 0 Å². The molecule has 0 bridgehead atoms. The Labute approximate surface area is 145 Å². The highest BCUT2D eigenvalue weighted by Gasteiger charge is 2.22. The topological polar surface area (TPSA) is 76.4 Å². The number of nitrogens with zero attached hydrogens (tertiary/aromatic N) is 1. The zero-order valence-electron chi connectivity index (χ0n) is 14.1. The highest BCUT2D eigenvalue weighted by Crippen LogP contribution is 2.24. The molecule has 1 aliphatic rings. The van der Waals surface area contributed by atoms with Crippen LogP contribution in [0.15, 0.2) is 34.9 Å². The zero-order valence-corrected chi connectivity index (χ0v) is 14.1. The van der Waals surface area contributed by atoms with Crippen molar-refractivity contribution >= 4 is 6.03 Å². The molecule has 0 saturated heterocycles. The average Bonchev–Trinajstić information content (AvgIpc) is 3.21. The van der Waals surface area contributed by atoms with E-state index in [9.17, 15) is 9.18 Å². The van der Waals surface area contributed by atoms with Crippen molar-refractivity contribution in [1.29, 1.82) is 0 Å². The van der Waals surface area contributed by atoms with Crippen LogP contribution in [0.5, 0.6) is 5.75 Å². The van der Waals surface area contributed by atoms with Gasteiger partial charge in [0.15, 0.2) is 17.3 Å². The van der Waals surface area contributed by atoms with Crippen LogP contribution in [0.3, 0.4) is 0 Å². The van der Waals surface area contributed by atoms with E-state index >= 15 is 0 Å². The second-order valence-electron chi connectivity index (χ2n) is 6.45. The van der Waals surface area contributed by atoms with Gasteiger partial charge in [0.25, 0.3) is 0 Å². The Bertz CT molecular complexity index is 719. The summed E-state index contributed by atoms with van der Waals surface area (Å²) in [5.74, 6) is 0.855. The Kier molecular flexibility index (Phi) is 5.53. The van der Waals surface area contributed by atoms with Gasteiger partial charge in [-0.25, -0.2) is 9.18 Å². The maximum absolute atomic E-state index is 13.5. The molecule has 2 aromatic rings. The molecule has 6 nitrogen and oxygen atoms in total. The Morgan fingerprint density at radius 2 is 2.24 bits per heavy atom. The number of hydrogen-bond donors (Lipinski definition) is 2. The van der Waals surface area contributed by atoms with Crippen LogP contribution in [0.2, 0.25) is 0 Å². The third-order valence-corrected chi connectivity index (χ3v) is 4.27. The monoisotopic (exact) mass is 347 g/mol. The molecular weight excluding hydrogens is 325 g/mol. The molecule has 7 heteroatoms. The number of ether oxygens (including phenoxy) is 1. The van der Waals surface area contributed by atoms with Crippen LogP contribution in [-0.2, 0) is 13.2 Å². The number of hydrogen-bond acceptors (Lipinski definition) is 4. The van der Waals surface area contributed by atoms with Gasteiger partial charge in [-0.05, 0) is 37.3 Å². The minimum absolute atomic E-state index is 0.0695. The van der Waals surface area contributed by atoms with Gasteiger partial charge in [-0.3, -0.25) is 0 Å². The number of aromatic nitrogens is 1. The Balaban J connectivity index is 1.42. The predicted octanol–water partition coefficient (Wildman–Crippen LogP) is 3.38. The molecule has 25 heavy (non-hydrogen) atoms. The third-order valence-electron chi connectivity index (χ3n) is 4.27. The second kappa shape index (κ2) is 8.00. The summed E-state index contributed by atoms with van der Waals surface area (Å²) < 4.78 is 24.0. The van der Waals surface area contributed by atoms with Crippen molar-refractivity contribution in [2.75, 3.05) is 0 Å². The molecular formula is C18H22FN3O3. The summed E-state index contributed by atoms with van der Waals surface area (Å²) >= 11 is 0. The maximum atomic E-state index is 13.5. The standard InChI is InChI=1S/C18H22FN3O3/c1-12-6-7-13(8-12)21-18(23)20-10-14-9-15(25-22-14)11-24-17-5-3-2-4-16(17)19/h2-5,9,12-13H,6-8,10-11H2,1H3,(H2,20,21,23)/t12-,13+/m1/s1. The zero-order chi connectivity index (χ0) is 17.6. The number of carbonyl (C=O) groups excluding carboxylic acids is 1. The lowest BCUT2D eigenvalue weighted by Crippen LogP contribution is -2.40. The van der Waals surface area contributed by atoms with E-state index in [0.717, 1.165) is 19.3 Å². The van der Waals surface area contributed by atoms with Crippen LogP contribution in [0.1, 0.15) is 37.6 Å². The van der Waals surface area contributed by atoms with E-state index in [1.54, 1.807) is 24.3 Å². The fourth-order valence-electron chi connectivity index (χ4n) is 2.96. The van der Waals surface area contributed by atoms with E-state index in [1.807, 2.05) is 0 Å². The molecule has 1 aliphatic carbocycles. The average molecular weight is 347 g/mol. The fraction of sp³-hybridized carbons (Fsp3) is 0.444. The van der Waals surface area contributed by atoms with Gasteiger partial charge >= 0.3 is 6.03 Å². The number of nitrogens with one attached hydrogen (secondary N) is 2. The lowest BCUT2D eigenvalue weighted by atomic mass is 10.1. The Morgan fingerprint density at radius 1 is 1.40 bits per heavy atom. The highest BCUT2D eigenvalue weighted by molar-refractivity contribution is 5.74. The molecule has 3 rings (SSSR count). The number of benzene rings is 1. The van der Waals surface area contributed by atoms with Gasteiger partial charge in [0.05, 0.1) is 6.54 Å². The molecule has 1 saturated carbocycles. The van der Waals surface area contributed by atoms with Crippen LogP contribution in [0.25, 0.3) is 0 Å². The molecule has 2 N–H and O–H groups in total. The van der Waals surface area contributed by atoms with Crippen molar-refractivity contribution in [3.8, 4) is 5.75 Å². The van der Waals surface area contributed by atoms with Gasteiger partial charge in [0, 0.05) is 12.1 Å².